The fraction of sp³-hybridized carbons (Fsp3) is 0.273. The third-order valence-corrected chi connectivity index (χ3v) is 3.64. The highest BCUT2D eigenvalue weighted by Crippen LogP contribution is 2.29. The normalized spacial score (nSPS) is 11.0. The predicted octanol–water partition coefficient (Wildman–Crippen LogP) is 4.45. The molecular weight excluding hydrogens is 260 g/mol. The zero-order valence-electron chi connectivity index (χ0n) is 7.92. The van der Waals surface area contributed by atoms with Gasteiger partial charge >= 0.3 is 0 Å². The third-order valence-electron chi connectivity index (χ3n) is 2.09. The van der Waals surface area contributed by atoms with Crippen LogP contribution in [0, 0.1) is 0 Å². The summed E-state index contributed by atoms with van der Waals surface area (Å²) in [6, 6.07) is 6.15. The zero-order chi connectivity index (χ0) is 9.97. The first-order valence-corrected chi connectivity index (χ1v) is 6.50. The number of halogens is 1. The number of benzene rings is 1. The first-order valence-electron chi connectivity index (χ1n) is 4.55. The zero-order valence-corrected chi connectivity index (χ0v) is 10.3. The van der Waals surface area contributed by atoms with Crippen molar-refractivity contribution >= 4 is 38.7 Å². The number of hydrogen-bond acceptors (Lipinski definition) is 2. The van der Waals surface area contributed by atoms with E-state index in [1.807, 2.05) is 30.2 Å². The van der Waals surface area contributed by atoms with Gasteiger partial charge in [-0.1, -0.05) is 19.1 Å². The van der Waals surface area contributed by atoms with Gasteiger partial charge in [-0.05, 0) is 27.7 Å². The number of fused-ring (bicyclic) bond motifs is 1. The van der Waals surface area contributed by atoms with Crippen molar-refractivity contribution in [1.82, 2.24) is 0 Å². The van der Waals surface area contributed by atoms with Crippen LogP contribution in [0.2, 0.25) is 0 Å². The molecule has 2 rings (SSSR count). The second-order valence-electron chi connectivity index (χ2n) is 3.01. The monoisotopic (exact) mass is 270 g/mol. The lowest BCUT2D eigenvalue weighted by Crippen LogP contribution is -1.77. The minimum atomic E-state index is 0.958. The lowest BCUT2D eigenvalue weighted by Gasteiger charge is -1.96. The lowest BCUT2D eigenvalue weighted by molar-refractivity contribution is 0.611. The van der Waals surface area contributed by atoms with Crippen molar-refractivity contribution in [3.05, 3.63) is 34.5 Å². The van der Waals surface area contributed by atoms with Crippen LogP contribution in [-0.2, 0) is 5.75 Å². The summed E-state index contributed by atoms with van der Waals surface area (Å²) in [5.74, 6) is 2.17. The molecule has 0 aliphatic carbocycles. The van der Waals surface area contributed by atoms with E-state index in [1.165, 1.54) is 10.9 Å². The standard InChI is InChI=1S/C11H11BrOS/c1-2-14-7-8-6-13-11-9(8)4-3-5-10(11)12/h3-6H,2,7H2,1H3. The maximum absolute atomic E-state index is 5.52. The minimum Gasteiger partial charge on any atom is -0.463 e. The Hall–Kier alpha value is -0.410. The number of para-hydroxylation sites is 1. The second kappa shape index (κ2) is 4.41. The van der Waals surface area contributed by atoms with Crippen LogP contribution in [-0.4, -0.2) is 5.75 Å². The van der Waals surface area contributed by atoms with Gasteiger partial charge in [0.05, 0.1) is 10.7 Å². The van der Waals surface area contributed by atoms with Gasteiger partial charge in [-0.2, -0.15) is 11.8 Å². The van der Waals surface area contributed by atoms with Gasteiger partial charge in [0.1, 0.15) is 5.58 Å². The Morgan fingerprint density at radius 3 is 3.07 bits per heavy atom. The average molecular weight is 271 g/mol. The van der Waals surface area contributed by atoms with E-state index >= 15 is 0 Å². The molecule has 0 atom stereocenters. The Morgan fingerprint density at radius 1 is 1.43 bits per heavy atom. The van der Waals surface area contributed by atoms with Crippen LogP contribution in [0.4, 0.5) is 0 Å². The summed E-state index contributed by atoms with van der Waals surface area (Å²) < 4.78 is 6.55. The number of furan rings is 1. The Kier molecular flexibility index (Phi) is 3.19. The van der Waals surface area contributed by atoms with E-state index in [-0.39, 0.29) is 0 Å². The van der Waals surface area contributed by atoms with Gasteiger partial charge in [0.25, 0.3) is 0 Å². The Morgan fingerprint density at radius 2 is 2.29 bits per heavy atom. The van der Waals surface area contributed by atoms with Crippen LogP contribution in [0.5, 0.6) is 0 Å². The highest BCUT2D eigenvalue weighted by atomic mass is 79.9. The SMILES string of the molecule is CCSCc1coc2c(Br)cccc12. The van der Waals surface area contributed by atoms with Crippen molar-refractivity contribution in [1.29, 1.82) is 0 Å². The highest BCUT2D eigenvalue weighted by Gasteiger charge is 2.07. The van der Waals surface area contributed by atoms with E-state index in [4.69, 9.17) is 4.42 Å². The van der Waals surface area contributed by atoms with Gasteiger partial charge in [0, 0.05) is 16.7 Å². The lowest BCUT2D eigenvalue weighted by atomic mass is 10.2. The van der Waals surface area contributed by atoms with Crippen LogP contribution in [0.3, 0.4) is 0 Å². The van der Waals surface area contributed by atoms with Crippen molar-refractivity contribution < 1.29 is 4.42 Å². The van der Waals surface area contributed by atoms with Gasteiger partial charge in [-0.25, -0.2) is 0 Å². The molecule has 74 valence electrons. The topological polar surface area (TPSA) is 13.1 Å². The van der Waals surface area contributed by atoms with Crippen LogP contribution in [0.15, 0.2) is 33.4 Å². The maximum Gasteiger partial charge on any atom is 0.148 e. The van der Waals surface area contributed by atoms with E-state index in [2.05, 4.69) is 28.9 Å². The molecule has 14 heavy (non-hydrogen) atoms. The molecule has 0 amide bonds. The summed E-state index contributed by atoms with van der Waals surface area (Å²) in [6.45, 7) is 2.17. The van der Waals surface area contributed by atoms with Crippen molar-refractivity contribution in [3.8, 4) is 0 Å². The first-order chi connectivity index (χ1) is 6.83. The fourth-order valence-corrected chi connectivity index (χ4v) is 2.51. The van der Waals surface area contributed by atoms with Gasteiger partial charge < -0.3 is 4.42 Å². The molecule has 1 nitrogen and oxygen atoms in total. The van der Waals surface area contributed by atoms with Gasteiger partial charge in [0.15, 0.2) is 0 Å². The van der Waals surface area contributed by atoms with E-state index in [9.17, 15) is 0 Å². The average Bonchev–Trinajstić information content (AvgIpc) is 2.60. The van der Waals surface area contributed by atoms with Crippen LogP contribution >= 0.6 is 27.7 Å². The van der Waals surface area contributed by atoms with Crippen molar-refractivity contribution in [2.45, 2.75) is 12.7 Å². The van der Waals surface area contributed by atoms with Crippen LogP contribution in [0.25, 0.3) is 11.0 Å². The van der Waals surface area contributed by atoms with E-state index in [0.29, 0.717) is 0 Å². The molecule has 0 fully saturated rings. The number of thioether (sulfide) groups is 1. The molecule has 0 spiro atoms. The molecule has 0 saturated heterocycles. The van der Waals surface area contributed by atoms with Crippen molar-refractivity contribution in [3.63, 3.8) is 0 Å². The summed E-state index contributed by atoms with van der Waals surface area (Å²) >= 11 is 5.39. The molecule has 0 bridgehead atoms. The Bertz CT molecular complexity index is 436. The number of hydrogen-bond donors (Lipinski definition) is 0. The summed E-state index contributed by atoms with van der Waals surface area (Å²) in [6.07, 6.45) is 1.86. The maximum atomic E-state index is 5.52. The van der Waals surface area contributed by atoms with Crippen LogP contribution in [0.1, 0.15) is 12.5 Å². The molecule has 1 heterocycles. The molecule has 0 saturated carbocycles. The summed E-state index contributed by atoms with van der Waals surface area (Å²) in [7, 11) is 0. The molecule has 0 aliphatic rings. The quantitative estimate of drug-likeness (QED) is 0.818. The van der Waals surface area contributed by atoms with Crippen molar-refractivity contribution in [2.24, 2.45) is 0 Å². The third kappa shape index (κ3) is 1.84. The van der Waals surface area contributed by atoms with Gasteiger partial charge in [0.2, 0.25) is 0 Å². The molecule has 0 radical (unpaired) electrons. The number of rotatable bonds is 3. The van der Waals surface area contributed by atoms with E-state index in [1.54, 1.807) is 0 Å². The first kappa shape index (κ1) is 10.1. The summed E-state index contributed by atoms with van der Waals surface area (Å²) in [5, 5.41) is 1.22. The van der Waals surface area contributed by atoms with Gasteiger partial charge in [-0.3, -0.25) is 0 Å². The van der Waals surface area contributed by atoms with Crippen molar-refractivity contribution in [2.75, 3.05) is 5.75 Å². The molecule has 0 unspecified atom stereocenters. The largest absolute Gasteiger partial charge is 0.463 e. The Labute approximate surface area is 96.0 Å². The Balaban J connectivity index is 2.42. The summed E-state index contributed by atoms with van der Waals surface area (Å²) in [4.78, 5) is 0. The minimum absolute atomic E-state index is 0.958. The molecule has 0 aliphatic heterocycles. The smallest absolute Gasteiger partial charge is 0.148 e. The molecule has 0 N–H and O–H groups in total. The molecule has 1 aromatic carbocycles. The highest BCUT2D eigenvalue weighted by molar-refractivity contribution is 9.10. The van der Waals surface area contributed by atoms with E-state index in [0.717, 1.165) is 21.6 Å². The molecule has 1 aromatic heterocycles. The van der Waals surface area contributed by atoms with E-state index < -0.39 is 0 Å². The molecule has 3 heteroatoms. The summed E-state index contributed by atoms with van der Waals surface area (Å²) in [5.41, 5.74) is 2.24. The second-order valence-corrected chi connectivity index (χ2v) is 5.14. The molecular formula is C11H11BrOS. The fourth-order valence-electron chi connectivity index (χ4n) is 1.40. The predicted molar refractivity (Wildman–Crippen MR) is 65.8 cm³/mol. The molecule has 2 aromatic rings. The van der Waals surface area contributed by atoms with Crippen LogP contribution < -0.4 is 0 Å². The van der Waals surface area contributed by atoms with Gasteiger partial charge in [-0.15, -0.1) is 0 Å².